The van der Waals surface area contributed by atoms with E-state index < -0.39 is 0 Å². The van der Waals surface area contributed by atoms with Crippen LogP contribution in [0.15, 0.2) is 53.0 Å². The molecule has 0 aromatic heterocycles. The molecule has 3 N–H and O–H groups in total. The zero-order valence-corrected chi connectivity index (χ0v) is 14.8. The Bertz CT molecular complexity index is 682. The minimum Gasteiger partial charge on any atom is -1.00 e. The summed E-state index contributed by atoms with van der Waals surface area (Å²) in [6.45, 7) is 0.803. The summed E-state index contributed by atoms with van der Waals surface area (Å²) in [5.74, 6) is 0.0652. The summed E-state index contributed by atoms with van der Waals surface area (Å²) in [5, 5.41) is 11.1. The summed E-state index contributed by atoms with van der Waals surface area (Å²) in [5.41, 5.74) is 3.15. The molecule has 2 aromatic rings. The van der Waals surface area contributed by atoms with Gasteiger partial charge in [0.2, 0.25) is 0 Å². The van der Waals surface area contributed by atoms with Gasteiger partial charge in [0.25, 0.3) is 0 Å². The van der Waals surface area contributed by atoms with E-state index in [9.17, 15) is 9.90 Å². The van der Waals surface area contributed by atoms with Crippen LogP contribution in [0.5, 0.6) is 0 Å². The minimum absolute atomic E-state index is 0. The van der Waals surface area contributed by atoms with Crippen LogP contribution in [0.25, 0.3) is 0 Å². The number of aliphatic hydroxyl groups is 1. The highest BCUT2D eigenvalue weighted by molar-refractivity contribution is 9.10. The van der Waals surface area contributed by atoms with Gasteiger partial charge in [0.15, 0.2) is 0 Å². The van der Waals surface area contributed by atoms with Crippen molar-refractivity contribution in [2.45, 2.75) is 6.04 Å². The Morgan fingerprint density at radius 3 is 2.65 bits per heavy atom. The third-order valence-corrected chi connectivity index (χ3v) is 4.38. The van der Waals surface area contributed by atoms with Gasteiger partial charge in [-0.1, -0.05) is 46.3 Å². The van der Waals surface area contributed by atoms with Crippen molar-refractivity contribution in [1.82, 2.24) is 4.90 Å². The molecular weight excluding hydrogens is 380 g/mol. The van der Waals surface area contributed by atoms with Crippen LogP contribution in [-0.4, -0.2) is 35.6 Å². The number of carbonyl (C=O) groups excluding carboxylic acids is 1. The fourth-order valence-electron chi connectivity index (χ4n) is 2.98. The summed E-state index contributed by atoms with van der Waals surface area (Å²) >= 11 is 3.52. The van der Waals surface area contributed by atoms with E-state index in [1.54, 1.807) is 5.32 Å². The SMILES string of the molecule is O=C1CN(CCO)C(c2ccccc2)c2cc(Br)ccc2[NH2+]1.[Cl-]. The van der Waals surface area contributed by atoms with Crippen molar-refractivity contribution in [2.75, 3.05) is 19.7 Å². The normalized spacial score (nSPS) is 18.0. The fraction of sp³-hybridized carbons (Fsp3) is 0.235. The van der Waals surface area contributed by atoms with Crippen molar-refractivity contribution in [3.05, 3.63) is 64.1 Å². The average Bonchev–Trinajstić information content (AvgIpc) is 2.64. The molecule has 0 saturated heterocycles. The van der Waals surface area contributed by atoms with Crippen LogP contribution in [-0.2, 0) is 4.79 Å². The van der Waals surface area contributed by atoms with E-state index in [1.165, 1.54) is 0 Å². The molecule has 1 aliphatic heterocycles. The van der Waals surface area contributed by atoms with Crippen LogP contribution in [0.4, 0.5) is 5.69 Å². The van der Waals surface area contributed by atoms with Gasteiger partial charge >= 0.3 is 5.91 Å². The number of β-amino-alcohol motifs (C(OH)–C–C–N with tert-alkyl or cyclic N) is 1. The maximum Gasteiger partial charge on any atom is 0.329 e. The van der Waals surface area contributed by atoms with Crippen molar-refractivity contribution in [3.63, 3.8) is 0 Å². The van der Waals surface area contributed by atoms with Gasteiger partial charge in [-0.25, -0.2) is 10.1 Å². The summed E-state index contributed by atoms with van der Waals surface area (Å²) in [6.07, 6.45) is 0. The first-order chi connectivity index (χ1) is 10.7. The van der Waals surface area contributed by atoms with Crippen molar-refractivity contribution < 1.29 is 27.6 Å². The predicted molar refractivity (Wildman–Crippen MR) is 87.7 cm³/mol. The molecule has 0 saturated carbocycles. The lowest BCUT2D eigenvalue weighted by molar-refractivity contribution is -0.482. The van der Waals surface area contributed by atoms with Gasteiger partial charge in [0.05, 0.1) is 12.6 Å². The number of rotatable bonds is 3. The Morgan fingerprint density at radius 2 is 1.96 bits per heavy atom. The maximum absolute atomic E-state index is 12.2. The molecule has 1 aliphatic rings. The van der Waals surface area contributed by atoms with E-state index in [4.69, 9.17) is 0 Å². The summed E-state index contributed by atoms with van der Waals surface area (Å²) in [7, 11) is 0. The van der Waals surface area contributed by atoms with Crippen LogP contribution in [0.1, 0.15) is 17.2 Å². The molecule has 0 aliphatic carbocycles. The number of amides is 1. The first-order valence-corrected chi connectivity index (χ1v) is 8.05. The van der Waals surface area contributed by atoms with E-state index >= 15 is 0 Å². The second-order valence-electron chi connectivity index (χ2n) is 5.39. The Kier molecular flexibility index (Phi) is 6.33. The zero-order valence-electron chi connectivity index (χ0n) is 12.5. The number of nitrogens with zero attached hydrogens (tertiary/aromatic N) is 1. The monoisotopic (exact) mass is 396 g/mol. The number of nitrogens with two attached hydrogens (primary N) is 1. The van der Waals surface area contributed by atoms with Crippen LogP contribution in [0.2, 0.25) is 0 Å². The molecule has 1 amide bonds. The topological polar surface area (TPSA) is 57.2 Å². The highest BCUT2D eigenvalue weighted by atomic mass is 79.9. The first-order valence-electron chi connectivity index (χ1n) is 7.26. The Morgan fingerprint density at radius 1 is 1.22 bits per heavy atom. The fourth-order valence-corrected chi connectivity index (χ4v) is 3.36. The van der Waals surface area contributed by atoms with Crippen LogP contribution in [0.3, 0.4) is 0 Å². The predicted octanol–water partition coefficient (Wildman–Crippen LogP) is -1.43. The van der Waals surface area contributed by atoms with E-state index in [2.05, 4.69) is 34.1 Å². The van der Waals surface area contributed by atoms with E-state index in [1.807, 2.05) is 35.2 Å². The Hall–Kier alpha value is -1.24. The highest BCUT2D eigenvalue weighted by Crippen LogP contribution is 2.34. The van der Waals surface area contributed by atoms with Gasteiger partial charge in [-0.2, -0.15) is 0 Å². The Balaban J connectivity index is 0.00000192. The number of primary amides is 1. The molecule has 0 spiro atoms. The summed E-state index contributed by atoms with van der Waals surface area (Å²) in [4.78, 5) is 14.2. The van der Waals surface area contributed by atoms with Gasteiger partial charge in [-0.05, 0) is 17.7 Å². The van der Waals surface area contributed by atoms with Gasteiger partial charge in [0.1, 0.15) is 12.2 Å². The van der Waals surface area contributed by atoms with Crippen LogP contribution >= 0.6 is 15.9 Å². The van der Waals surface area contributed by atoms with E-state index in [0.717, 1.165) is 21.3 Å². The molecule has 122 valence electrons. The van der Waals surface area contributed by atoms with Crippen molar-refractivity contribution >= 4 is 27.5 Å². The lowest BCUT2D eigenvalue weighted by Gasteiger charge is -2.28. The van der Waals surface area contributed by atoms with E-state index in [0.29, 0.717) is 13.1 Å². The van der Waals surface area contributed by atoms with Gasteiger partial charge in [-0.15, -0.1) is 0 Å². The number of benzene rings is 2. The second kappa shape index (κ2) is 8.04. The van der Waals surface area contributed by atoms with Gasteiger partial charge in [0, 0.05) is 22.6 Å². The van der Waals surface area contributed by atoms with Gasteiger partial charge < -0.3 is 17.5 Å². The van der Waals surface area contributed by atoms with Crippen LogP contribution in [0, 0.1) is 0 Å². The maximum atomic E-state index is 12.2. The molecule has 0 fully saturated rings. The van der Waals surface area contributed by atoms with Crippen molar-refractivity contribution in [1.29, 1.82) is 0 Å². The van der Waals surface area contributed by atoms with E-state index in [-0.39, 0.29) is 31.0 Å². The molecule has 1 atom stereocenters. The molecular formula is C17H18BrClN2O2. The molecule has 2 aromatic carbocycles. The lowest BCUT2D eigenvalue weighted by atomic mass is 9.96. The summed E-state index contributed by atoms with van der Waals surface area (Å²) < 4.78 is 0.985. The molecule has 0 radical (unpaired) electrons. The number of hydrogen-bond donors (Lipinski definition) is 2. The number of halogens is 2. The molecule has 6 heteroatoms. The molecule has 0 bridgehead atoms. The van der Waals surface area contributed by atoms with Crippen molar-refractivity contribution in [2.24, 2.45) is 0 Å². The second-order valence-corrected chi connectivity index (χ2v) is 6.31. The quantitative estimate of drug-likeness (QED) is 0.625. The average molecular weight is 398 g/mol. The van der Waals surface area contributed by atoms with Crippen molar-refractivity contribution in [3.8, 4) is 0 Å². The zero-order chi connectivity index (χ0) is 15.5. The number of carbonyl (C=O) groups is 1. The molecule has 23 heavy (non-hydrogen) atoms. The van der Waals surface area contributed by atoms with Crippen LogP contribution < -0.4 is 17.7 Å². The standard InChI is InChI=1S/C17H17BrN2O2.ClH/c18-13-6-7-15-14(10-13)17(12-4-2-1-3-5-12)20(8-9-21)11-16(22)19-15;/h1-7,10,17,21H,8-9,11H2,(H,19,22);1H. The van der Waals surface area contributed by atoms with Gasteiger partial charge in [-0.3, -0.25) is 4.90 Å². The molecule has 4 nitrogen and oxygen atoms in total. The lowest BCUT2D eigenvalue weighted by Crippen LogP contribution is -3.00. The third-order valence-electron chi connectivity index (χ3n) is 3.89. The summed E-state index contributed by atoms with van der Waals surface area (Å²) in [6, 6.07) is 16.1. The Labute approximate surface area is 150 Å². The number of hydrogen-bond acceptors (Lipinski definition) is 3. The molecule has 1 heterocycles. The minimum atomic E-state index is -0.0384. The number of quaternary nitrogens is 1. The largest absolute Gasteiger partial charge is 1.00 e. The smallest absolute Gasteiger partial charge is 0.329 e. The third kappa shape index (κ3) is 4.00. The first kappa shape index (κ1) is 18.1. The number of aliphatic hydroxyl groups excluding tert-OH is 1. The molecule has 3 rings (SSSR count). The highest BCUT2D eigenvalue weighted by Gasteiger charge is 2.32. The molecule has 1 unspecified atom stereocenters. The number of fused-ring (bicyclic) bond motifs is 1.